The van der Waals surface area contributed by atoms with E-state index in [1.165, 1.54) is 12.3 Å². The number of hydrogen-bond donors (Lipinski definition) is 1. The van der Waals surface area contributed by atoms with Gasteiger partial charge in [0.05, 0.1) is 30.3 Å². The van der Waals surface area contributed by atoms with Crippen LogP contribution in [0.3, 0.4) is 0 Å². The molecule has 0 fully saturated rings. The van der Waals surface area contributed by atoms with Crippen LogP contribution >= 0.6 is 0 Å². The van der Waals surface area contributed by atoms with E-state index in [0.29, 0.717) is 6.54 Å². The maximum absolute atomic E-state index is 11.4. The fourth-order valence-electron chi connectivity index (χ4n) is 2.44. The van der Waals surface area contributed by atoms with E-state index in [4.69, 9.17) is 0 Å². The molecule has 0 spiro atoms. The van der Waals surface area contributed by atoms with E-state index in [9.17, 15) is 8.42 Å². The van der Waals surface area contributed by atoms with Crippen molar-refractivity contribution < 1.29 is 8.42 Å². The van der Waals surface area contributed by atoms with E-state index >= 15 is 0 Å². The lowest BCUT2D eigenvalue weighted by Gasteiger charge is -2.12. The van der Waals surface area contributed by atoms with Crippen molar-refractivity contribution in [3.8, 4) is 5.69 Å². The first kappa shape index (κ1) is 16.2. The maximum atomic E-state index is 11.4. The van der Waals surface area contributed by atoms with E-state index < -0.39 is 9.84 Å². The van der Waals surface area contributed by atoms with Crippen molar-refractivity contribution in [2.24, 2.45) is 0 Å². The van der Waals surface area contributed by atoms with Crippen LogP contribution in [-0.4, -0.2) is 29.2 Å². The molecule has 124 valence electrons. The molecule has 0 aliphatic carbocycles. The van der Waals surface area contributed by atoms with Gasteiger partial charge in [0.2, 0.25) is 0 Å². The third kappa shape index (κ3) is 3.46. The van der Waals surface area contributed by atoms with Gasteiger partial charge in [0.25, 0.3) is 0 Å². The smallest absolute Gasteiger partial charge is 0.192 e. The molecule has 0 saturated heterocycles. The second-order valence-electron chi connectivity index (χ2n) is 5.48. The summed E-state index contributed by atoms with van der Waals surface area (Å²) in [6.45, 7) is 2.51. The zero-order chi connectivity index (χ0) is 17.2. The van der Waals surface area contributed by atoms with E-state index in [2.05, 4.69) is 19.9 Å². The van der Waals surface area contributed by atoms with Gasteiger partial charge in [-0.1, -0.05) is 18.2 Å². The first-order valence-corrected chi connectivity index (χ1v) is 9.33. The second-order valence-corrected chi connectivity index (χ2v) is 7.44. The first-order chi connectivity index (χ1) is 11.4. The fraction of sp³-hybridized carbons (Fsp3) is 0.176. The van der Waals surface area contributed by atoms with Crippen molar-refractivity contribution in [3.05, 3.63) is 66.4 Å². The summed E-state index contributed by atoms with van der Waals surface area (Å²) in [6.07, 6.45) is 4.49. The average Bonchev–Trinajstić information content (AvgIpc) is 2.94. The zero-order valence-corrected chi connectivity index (χ0v) is 14.3. The Labute approximate surface area is 141 Å². The number of aromatic nitrogens is 3. The van der Waals surface area contributed by atoms with Crippen molar-refractivity contribution >= 4 is 15.5 Å². The summed E-state index contributed by atoms with van der Waals surface area (Å²) in [7, 11) is -3.28. The van der Waals surface area contributed by atoms with Crippen molar-refractivity contribution in [3.63, 3.8) is 0 Å². The van der Waals surface area contributed by atoms with Gasteiger partial charge in [0, 0.05) is 11.9 Å². The highest BCUT2D eigenvalue weighted by Gasteiger charge is 2.10. The molecule has 1 N–H and O–H groups in total. The van der Waals surface area contributed by atoms with Gasteiger partial charge in [-0.05, 0) is 31.2 Å². The molecule has 3 aromatic rings. The van der Waals surface area contributed by atoms with Crippen LogP contribution in [0.5, 0.6) is 0 Å². The molecule has 3 rings (SSSR count). The molecule has 0 aliphatic heterocycles. The molecule has 0 amide bonds. The number of nitrogens with zero attached hydrogens (tertiary/aromatic N) is 3. The summed E-state index contributed by atoms with van der Waals surface area (Å²) in [5.41, 5.74) is 2.81. The lowest BCUT2D eigenvalue weighted by molar-refractivity contribution is 0.598. The van der Waals surface area contributed by atoms with Gasteiger partial charge in [-0.25, -0.2) is 18.4 Å². The highest BCUT2D eigenvalue weighted by Crippen LogP contribution is 2.16. The van der Waals surface area contributed by atoms with Gasteiger partial charge in [0.15, 0.2) is 14.9 Å². The highest BCUT2D eigenvalue weighted by molar-refractivity contribution is 7.90. The largest absolute Gasteiger partial charge is 0.378 e. The van der Waals surface area contributed by atoms with Crippen molar-refractivity contribution in [2.45, 2.75) is 18.5 Å². The number of aryl methyl sites for hydroxylation is 1. The molecule has 7 heteroatoms. The number of imidazole rings is 1. The van der Waals surface area contributed by atoms with Gasteiger partial charge in [-0.15, -0.1) is 0 Å². The van der Waals surface area contributed by atoms with Gasteiger partial charge >= 0.3 is 0 Å². The molecule has 0 radical (unpaired) electrons. The number of sulfone groups is 1. The number of pyridine rings is 1. The zero-order valence-electron chi connectivity index (χ0n) is 13.5. The highest BCUT2D eigenvalue weighted by atomic mass is 32.2. The number of hydrogen-bond acceptors (Lipinski definition) is 5. The van der Waals surface area contributed by atoms with Crippen LogP contribution in [0.2, 0.25) is 0 Å². The molecule has 0 bridgehead atoms. The number of benzene rings is 1. The summed E-state index contributed by atoms with van der Waals surface area (Å²) in [5.74, 6) is 0.906. The van der Waals surface area contributed by atoms with Crippen LogP contribution < -0.4 is 5.32 Å². The molecule has 6 nitrogen and oxygen atoms in total. The van der Waals surface area contributed by atoms with Gasteiger partial charge < -0.3 is 5.32 Å². The van der Waals surface area contributed by atoms with E-state index in [0.717, 1.165) is 29.1 Å². The Morgan fingerprint density at radius 1 is 1.04 bits per heavy atom. The molecule has 0 saturated carbocycles. The fourth-order valence-corrected chi connectivity index (χ4v) is 3.00. The molecule has 0 atom stereocenters. The Kier molecular flexibility index (Phi) is 4.35. The van der Waals surface area contributed by atoms with Crippen LogP contribution in [0.25, 0.3) is 5.69 Å². The lowest BCUT2D eigenvalue weighted by atomic mass is 10.3. The Bertz CT molecular complexity index is 932. The predicted octanol–water partition coefficient (Wildman–Crippen LogP) is 2.59. The molecule has 2 heterocycles. The summed E-state index contributed by atoms with van der Waals surface area (Å²) < 4.78 is 24.9. The molecule has 2 aromatic heterocycles. The van der Waals surface area contributed by atoms with Crippen molar-refractivity contribution in [2.75, 3.05) is 11.6 Å². The van der Waals surface area contributed by atoms with Crippen LogP contribution in [0.4, 0.5) is 5.69 Å². The van der Waals surface area contributed by atoms with Crippen LogP contribution in [0.15, 0.2) is 59.9 Å². The summed E-state index contributed by atoms with van der Waals surface area (Å²) >= 11 is 0. The van der Waals surface area contributed by atoms with Crippen LogP contribution in [0.1, 0.15) is 11.5 Å². The maximum Gasteiger partial charge on any atom is 0.192 e. The number of nitrogens with one attached hydrogen (secondary N) is 1. The normalized spacial score (nSPS) is 11.4. The second kappa shape index (κ2) is 6.45. The molecular formula is C17H18N4O2S. The average molecular weight is 342 g/mol. The van der Waals surface area contributed by atoms with E-state index in [-0.39, 0.29) is 5.03 Å². The monoisotopic (exact) mass is 342 g/mol. The quantitative estimate of drug-likeness (QED) is 0.771. The topological polar surface area (TPSA) is 76.9 Å². The third-order valence-corrected chi connectivity index (χ3v) is 4.62. The molecule has 0 aliphatic rings. The minimum absolute atomic E-state index is 0.0678. The summed E-state index contributed by atoms with van der Waals surface area (Å²) in [4.78, 5) is 8.35. The van der Waals surface area contributed by atoms with Crippen LogP contribution in [0, 0.1) is 6.92 Å². The number of anilines is 1. The number of para-hydroxylation sites is 1. The molecule has 0 unspecified atom stereocenters. The SMILES string of the molecule is Cc1ncc(CNc2ccc(S(C)(=O)=O)nc2)n1-c1ccccc1. The Hall–Kier alpha value is -2.67. The molecular weight excluding hydrogens is 324 g/mol. The minimum atomic E-state index is -3.28. The van der Waals surface area contributed by atoms with Crippen molar-refractivity contribution in [1.82, 2.24) is 14.5 Å². The molecule has 1 aromatic carbocycles. The predicted molar refractivity (Wildman–Crippen MR) is 93.0 cm³/mol. The Morgan fingerprint density at radius 2 is 1.79 bits per heavy atom. The van der Waals surface area contributed by atoms with Crippen LogP contribution in [-0.2, 0) is 16.4 Å². The number of rotatable bonds is 5. The van der Waals surface area contributed by atoms with Gasteiger partial charge in [-0.2, -0.15) is 0 Å². The lowest BCUT2D eigenvalue weighted by Crippen LogP contribution is -2.08. The van der Waals surface area contributed by atoms with E-state index in [1.54, 1.807) is 6.07 Å². The standard InChI is InChI=1S/C17H18N4O2S/c1-13-18-11-16(21(13)15-6-4-3-5-7-15)12-19-14-8-9-17(20-10-14)24(2,22)23/h3-11,19H,12H2,1-2H3. The molecule has 24 heavy (non-hydrogen) atoms. The first-order valence-electron chi connectivity index (χ1n) is 7.44. The third-order valence-electron chi connectivity index (χ3n) is 3.62. The Morgan fingerprint density at radius 3 is 2.42 bits per heavy atom. The van der Waals surface area contributed by atoms with Crippen molar-refractivity contribution in [1.29, 1.82) is 0 Å². The summed E-state index contributed by atoms with van der Waals surface area (Å²) in [6, 6.07) is 13.2. The van der Waals surface area contributed by atoms with E-state index in [1.807, 2.05) is 43.5 Å². The minimum Gasteiger partial charge on any atom is -0.378 e. The van der Waals surface area contributed by atoms with Gasteiger partial charge in [0.1, 0.15) is 5.82 Å². The summed E-state index contributed by atoms with van der Waals surface area (Å²) in [5, 5.41) is 3.31. The Balaban J connectivity index is 1.79. The van der Waals surface area contributed by atoms with Gasteiger partial charge in [-0.3, -0.25) is 4.57 Å².